The fourth-order valence-electron chi connectivity index (χ4n) is 3.00. The minimum absolute atomic E-state index is 0.0917. The lowest BCUT2D eigenvalue weighted by molar-refractivity contribution is -0.118. The van der Waals surface area contributed by atoms with Crippen molar-refractivity contribution in [3.05, 3.63) is 24.3 Å². The normalized spacial score (nSPS) is 20.9. The van der Waals surface area contributed by atoms with Gasteiger partial charge in [-0.25, -0.2) is 8.42 Å². The Hall–Kier alpha value is -1.09. The van der Waals surface area contributed by atoms with E-state index in [2.05, 4.69) is 5.32 Å². The van der Waals surface area contributed by atoms with E-state index in [-0.39, 0.29) is 21.7 Å². The van der Waals surface area contributed by atoms with E-state index in [1.807, 2.05) is 13.8 Å². The lowest BCUT2D eigenvalue weighted by Crippen LogP contribution is -2.44. The van der Waals surface area contributed by atoms with Gasteiger partial charge in [0.15, 0.2) is 0 Å². The predicted octanol–water partition coefficient (Wildman–Crippen LogP) is 2.53. The highest BCUT2D eigenvalue weighted by molar-refractivity contribution is 8.00. The molecule has 0 saturated carbocycles. The third-order valence-electron chi connectivity index (χ3n) is 4.58. The third kappa shape index (κ3) is 4.02. The molecule has 0 atom stereocenters. The van der Waals surface area contributed by atoms with Crippen LogP contribution >= 0.6 is 11.8 Å². The van der Waals surface area contributed by atoms with Gasteiger partial charge in [0, 0.05) is 30.4 Å². The molecule has 138 valence electrons. The van der Waals surface area contributed by atoms with Gasteiger partial charge in [-0.1, -0.05) is 13.8 Å². The van der Waals surface area contributed by atoms with Gasteiger partial charge in [-0.15, -0.1) is 11.8 Å². The third-order valence-corrected chi connectivity index (χ3v) is 7.92. The molecular weight excluding hydrogens is 360 g/mol. The van der Waals surface area contributed by atoms with Crippen molar-refractivity contribution >= 4 is 33.4 Å². The van der Waals surface area contributed by atoms with Crippen molar-refractivity contribution < 1.29 is 17.9 Å². The Labute approximate surface area is 153 Å². The summed E-state index contributed by atoms with van der Waals surface area (Å²) >= 11 is 1.80. The molecule has 8 heteroatoms. The first kappa shape index (κ1) is 18.7. The zero-order valence-electron chi connectivity index (χ0n) is 14.5. The van der Waals surface area contributed by atoms with Crippen LogP contribution in [0.25, 0.3) is 0 Å². The minimum Gasteiger partial charge on any atom is -0.363 e. The van der Waals surface area contributed by atoms with Crippen LogP contribution in [-0.4, -0.2) is 49.0 Å². The second-order valence-electron chi connectivity index (χ2n) is 6.68. The Balaban J connectivity index is 1.67. The van der Waals surface area contributed by atoms with E-state index in [9.17, 15) is 13.2 Å². The number of nitrogens with one attached hydrogen (secondary N) is 1. The lowest BCUT2D eigenvalue weighted by atomic mass is 10.1. The summed E-state index contributed by atoms with van der Waals surface area (Å²) in [5.41, 5.74) is 0.603. The second kappa shape index (κ2) is 7.26. The van der Waals surface area contributed by atoms with E-state index in [1.54, 1.807) is 36.0 Å². The van der Waals surface area contributed by atoms with E-state index in [0.717, 1.165) is 25.2 Å². The summed E-state index contributed by atoms with van der Waals surface area (Å²) in [5, 5.41) is 2.77. The molecule has 1 aromatic rings. The number of hydrogen-bond donors (Lipinski definition) is 1. The van der Waals surface area contributed by atoms with Crippen LogP contribution in [0.4, 0.5) is 5.69 Å². The van der Waals surface area contributed by atoms with Crippen molar-refractivity contribution in [3.8, 4) is 0 Å². The molecule has 0 radical (unpaired) electrons. The van der Waals surface area contributed by atoms with Crippen molar-refractivity contribution in [2.24, 2.45) is 5.92 Å². The maximum absolute atomic E-state index is 12.8. The van der Waals surface area contributed by atoms with E-state index < -0.39 is 10.0 Å². The summed E-state index contributed by atoms with van der Waals surface area (Å²) < 4.78 is 33.0. The molecule has 2 fully saturated rings. The Morgan fingerprint density at radius 2 is 1.88 bits per heavy atom. The van der Waals surface area contributed by atoms with Gasteiger partial charge in [-0.05, 0) is 37.1 Å². The fourth-order valence-corrected chi connectivity index (χ4v) is 5.62. The standard InChI is InChI=1S/C17H24N2O4S2/c1-13(2)16(20)18-14-3-5-15(6-4-14)25(21,22)19-9-7-17(8-10-19)23-11-12-24-17/h3-6,13H,7-12H2,1-2H3,(H,18,20). The number of nitrogens with zero attached hydrogens (tertiary/aromatic N) is 1. The van der Waals surface area contributed by atoms with Crippen LogP contribution in [0.5, 0.6) is 0 Å². The summed E-state index contributed by atoms with van der Waals surface area (Å²) in [6.45, 7) is 5.32. The van der Waals surface area contributed by atoms with Gasteiger partial charge in [0.1, 0.15) is 4.93 Å². The van der Waals surface area contributed by atoms with Crippen LogP contribution < -0.4 is 5.32 Å². The quantitative estimate of drug-likeness (QED) is 0.863. The number of ether oxygens (including phenoxy) is 1. The molecule has 1 amide bonds. The Morgan fingerprint density at radius 1 is 1.24 bits per heavy atom. The lowest BCUT2D eigenvalue weighted by Gasteiger charge is -2.37. The molecule has 0 aliphatic carbocycles. The Bertz CT molecular complexity index is 716. The van der Waals surface area contributed by atoms with Gasteiger partial charge < -0.3 is 10.1 Å². The number of anilines is 1. The second-order valence-corrected chi connectivity index (χ2v) is 10.1. The van der Waals surface area contributed by atoms with Gasteiger partial charge in [-0.2, -0.15) is 4.31 Å². The van der Waals surface area contributed by atoms with Gasteiger partial charge >= 0.3 is 0 Å². The molecule has 3 rings (SSSR count). The molecule has 0 bridgehead atoms. The summed E-state index contributed by atoms with van der Waals surface area (Å²) in [6.07, 6.45) is 1.44. The first-order valence-electron chi connectivity index (χ1n) is 8.51. The van der Waals surface area contributed by atoms with E-state index in [0.29, 0.717) is 18.8 Å². The van der Waals surface area contributed by atoms with E-state index in [4.69, 9.17) is 4.74 Å². The average molecular weight is 385 g/mol. The van der Waals surface area contributed by atoms with Crippen LogP contribution in [0.3, 0.4) is 0 Å². The van der Waals surface area contributed by atoms with Crippen molar-refractivity contribution in [1.29, 1.82) is 0 Å². The Kier molecular flexibility index (Phi) is 5.43. The molecule has 2 heterocycles. The zero-order chi connectivity index (χ0) is 18.1. The molecule has 25 heavy (non-hydrogen) atoms. The largest absolute Gasteiger partial charge is 0.363 e. The number of sulfonamides is 1. The number of benzene rings is 1. The SMILES string of the molecule is CC(C)C(=O)Nc1ccc(S(=O)(=O)N2CCC3(CC2)OCCS3)cc1. The highest BCUT2D eigenvalue weighted by Crippen LogP contribution is 2.42. The molecule has 2 saturated heterocycles. The first-order chi connectivity index (χ1) is 11.8. The van der Waals surface area contributed by atoms with Crippen LogP contribution in [0.2, 0.25) is 0 Å². The van der Waals surface area contributed by atoms with E-state index >= 15 is 0 Å². The van der Waals surface area contributed by atoms with Crippen LogP contribution in [0, 0.1) is 5.92 Å². The molecule has 1 spiro atoms. The maximum Gasteiger partial charge on any atom is 0.243 e. The fraction of sp³-hybridized carbons (Fsp3) is 0.588. The van der Waals surface area contributed by atoms with Crippen molar-refractivity contribution in [2.75, 3.05) is 30.8 Å². The van der Waals surface area contributed by atoms with Crippen molar-refractivity contribution in [2.45, 2.75) is 36.5 Å². The number of piperidine rings is 1. The van der Waals surface area contributed by atoms with Crippen LogP contribution in [0.1, 0.15) is 26.7 Å². The first-order valence-corrected chi connectivity index (χ1v) is 10.9. The van der Waals surface area contributed by atoms with Gasteiger partial charge in [0.2, 0.25) is 15.9 Å². The van der Waals surface area contributed by atoms with Crippen LogP contribution in [0.15, 0.2) is 29.2 Å². The summed E-state index contributed by atoms with van der Waals surface area (Å²) in [7, 11) is -3.51. The van der Waals surface area contributed by atoms with Gasteiger partial charge in [0.05, 0.1) is 11.5 Å². The van der Waals surface area contributed by atoms with Gasteiger partial charge in [0.25, 0.3) is 0 Å². The molecule has 0 aromatic heterocycles. The summed E-state index contributed by atoms with van der Waals surface area (Å²) in [5.74, 6) is 0.766. The summed E-state index contributed by atoms with van der Waals surface area (Å²) in [4.78, 5) is 11.8. The van der Waals surface area contributed by atoms with Crippen LogP contribution in [-0.2, 0) is 19.6 Å². The number of carbonyl (C=O) groups excluding carboxylic acids is 1. The van der Waals surface area contributed by atoms with Gasteiger partial charge in [-0.3, -0.25) is 4.79 Å². The molecule has 2 aliphatic rings. The van der Waals surface area contributed by atoms with Crippen molar-refractivity contribution in [3.63, 3.8) is 0 Å². The Morgan fingerprint density at radius 3 is 2.40 bits per heavy atom. The molecule has 1 N–H and O–H groups in total. The molecular formula is C17H24N2O4S2. The smallest absolute Gasteiger partial charge is 0.243 e. The monoisotopic (exact) mass is 384 g/mol. The molecule has 0 unspecified atom stereocenters. The molecule has 6 nitrogen and oxygen atoms in total. The number of carbonyl (C=O) groups is 1. The van der Waals surface area contributed by atoms with E-state index in [1.165, 1.54) is 4.31 Å². The maximum atomic E-state index is 12.8. The topological polar surface area (TPSA) is 75.7 Å². The minimum atomic E-state index is -3.51. The zero-order valence-corrected chi connectivity index (χ0v) is 16.2. The number of amides is 1. The average Bonchev–Trinajstić information content (AvgIpc) is 3.03. The number of hydrogen-bond acceptors (Lipinski definition) is 5. The highest BCUT2D eigenvalue weighted by atomic mass is 32.2. The van der Waals surface area contributed by atoms with Crippen molar-refractivity contribution in [1.82, 2.24) is 4.31 Å². The summed E-state index contributed by atoms with van der Waals surface area (Å²) in [6, 6.07) is 6.37. The highest BCUT2D eigenvalue weighted by Gasteiger charge is 2.42. The molecule has 1 aromatic carbocycles. The number of thioether (sulfide) groups is 1. The predicted molar refractivity (Wildman–Crippen MR) is 99.0 cm³/mol. The molecule has 2 aliphatic heterocycles. The number of rotatable bonds is 4.